The Morgan fingerprint density at radius 3 is 2.35 bits per heavy atom. The fourth-order valence-corrected chi connectivity index (χ4v) is 2.47. The van der Waals surface area contributed by atoms with Gasteiger partial charge in [0, 0.05) is 13.5 Å². The first kappa shape index (κ1) is 19.7. The molecular weight excluding hydrogens is 340 g/mol. The first-order chi connectivity index (χ1) is 12.4. The van der Waals surface area contributed by atoms with Crippen LogP contribution in [0.5, 0.6) is 11.5 Å². The second-order valence-electron chi connectivity index (χ2n) is 5.98. The number of nitrogens with zero attached hydrogens (tertiary/aromatic N) is 1. The van der Waals surface area contributed by atoms with Gasteiger partial charge in [-0.15, -0.1) is 0 Å². The van der Waals surface area contributed by atoms with E-state index in [1.54, 1.807) is 45.3 Å². The Morgan fingerprint density at radius 2 is 1.73 bits per heavy atom. The molecule has 2 rings (SSSR count). The Balaban J connectivity index is 1.79. The van der Waals surface area contributed by atoms with E-state index in [2.05, 4.69) is 0 Å². The highest BCUT2D eigenvalue weighted by Gasteiger charge is 2.18. The SMILES string of the molecule is COc1ccc(OCCCC(=O)N(C)C(C)c2ccc(F)c(F)c2)cc1. The lowest BCUT2D eigenvalue weighted by atomic mass is 10.1. The van der Waals surface area contributed by atoms with Gasteiger partial charge in [0.1, 0.15) is 11.5 Å². The minimum Gasteiger partial charge on any atom is -0.497 e. The van der Waals surface area contributed by atoms with Crippen molar-refractivity contribution < 1.29 is 23.0 Å². The van der Waals surface area contributed by atoms with Crippen molar-refractivity contribution in [3.8, 4) is 11.5 Å². The molecule has 0 saturated heterocycles. The van der Waals surface area contributed by atoms with Crippen molar-refractivity contribution in [2.24, 2.45) is 0 Å². The second-order valence-corrected chi connectivity index (χ2v) is 5.98. The highest BCUT2D eigenvalue weighted by molar-refractivity contribution is 5.76. The Bertz CT molecular complexity index is 734. The van der Waals surface area contributed by atoms with E-state index in [0.717, 1.165) is 17.9 Å². The Kier molecular flexibility index (Phi) is 6.95. The molecule has 140 valence electrons. The molecule has 2 aromatic rings. The van der Waals surface area contributed by atoms with Crippen molar-refractivity contribution in [2.45, 2.75) is 25.8 Å². The average Bonchev–Trinajstić information content (AvgIpc) is 2.66. The van der Waals surface area contributed by atoms with E-state index in [1.165, 1.54) is 11.0 Å². The zero-order valence-electron chi connectivity index (χ0n) is 15.2. The van der Waals surface area contributed by atoms with Crippen LogP contribution in [0.2, 0.25) is 0 Å². The third kappa shape index (κ3) is 5.18. The highest BCUT2D eigenvalue weighted by atomic mass is 19.2. The van der Waals surface area contributed by atoms with Crippen LogP contribution in [0.1, 0.15) is 31.4 Å². The number of amides is 1. The summed E-state index contributed by atoms with van der Waals surface area (Å²) in [5, 5.41) is 0. The van der Waals surface area contributed by atoms with Gasteiger partial charge in [0.05, 0.1) is 19.8 Å². The largest absolute Gasteiger partial charge is 0.497 e. The van der Waals surface area contributed by atoms with Crippen LogP contribution in [-0.4, -0.2) is 31.6 Å². The van der Waals surface area contributed by atoms with Crippen LogP contribution >= 0.6 is 0 Å². The summed E-state index contributed by atoms with van der Waals surface area (Å²) in [6.07, 6.45) is 0.861. The maximum absolute atomic E-state index is 13.4. The zero-order valence-corrected chi connectivity index (χ0v) is 15.2. The molecule has 0 aliphatic heterocycles. The summed E-state index contributed by atoms with van der Waals surface area (Å²) in [5.41, 5.74) is 0.550. The predicted octanol–water partition coefficient (Wildman–Crippen LogP) is 4.35. The number of methoxy groups -OCH3 is 1. The first-order valence-electron chi connectivity index (χ1n) is 8.40. The summed E-state index contributed by atoms with van der Waals surface area (Å²) < 4.78 is 37.1. The fourth-order valence-electron chi connectivity index (χ4n) is 2.47. The minimum atomic E-state index is -0.914. The smallest absolute Gasteiger partial charge is 0.222 e. The van der Waals surface area contributed by atoms with E-state index in [1.807, 2.05) is 0 Å². The standard InChI is InChI=1S/C20H23F2NO3/c1-14(15-6-11-18(21)19(22)13-15)23(2)20(24)5-4-12-26-17-9-7-16(25-3)8-10-17/h6-11,13-14H,4-5,12H2,1-3H3. The highest BCUT2D eigenvalue weighted by Crippen LogP contribution is 2.22. The maximum Gasteiger partial charge on any atom is 0.222 e. The lowest BCUT2D eigenvalue weighted by Gasteiger charge is -2.25. The number of rotatable bonds is 8. The van der Waals surface area contributed by atoms with E-state index in [-0.39, 0.29) is 11.9 Å². The molecule has 26 heavy (non-hydrogen) atoms. The molecule has 1 amide bonds. The summed E-state index contributed by atoms with van der Waals surface area (Å²) in [4.78, 5) is 13.8. The van der Waals surface area contributed by atoms with Gasteiger partial charge in [-0.25, -0.2) is 8.78 Å². The molecule has 0 aliphatic carbocycles. The van der Waals surface area contributed by atoms with Crippen LogP contribution in [0.3, 0.4) is 0 Å². The van der Waals surface area contributed by atoms with Gasteiger partial charge in [0.2, 0.25) is 5.91 Å². The van der Waals surface area contributed by atoms with Gasteiger partial charge in [-0.3, -0.25) is 4.79 Å². The molecular formula is C20H23F2NO3. The van der Waals surface area contributed by atoms with Crippen molar-refractivity contribution in [2.75, 3.05) is 20.8 Å². The van der Waals surface area contributed by atoms with Gasteiger partial charge in [-0.2, -0.15) is 0 Å². The molecule has 0 saturated carbocycles. The summed E-state index contributed by atoms with van der Waals surface area (Å²) >= 11 is 0. The molecule has 0 fully saturated rings. The van der Waals surface area contributed by atoms with Crippen LogP contribution in [0, 0.1) is 11.6 Å². The molecule has 0 aliphatic rings. The van der Waals surface area contributed by atoms with Gasteiger partial charge in [0.25, 0.3) is 0 Å². The molecule has 1 unspecified atom stereocenters. The Morgan fingerprint density at radius 1 is 1.08 bits per heavy atom. The average molecular weight is 363 g/mol. The lowest BCUT2D eigenvalue weighted by molar-refractivity contribution is -0.132. The Hall–Kier alpha value is -2.63. The molecule has 0 spiro atoms. The molecule has 0 radical (unpaired) electrons. The molecule has 4 nitrogen and oxygen atoms in total. The quantitative estimate of drug-likeness (QED) is 0.655. The van der Waals surface area contributed by atoms with E-state index in [4.69, 9.17) is 9.47 Å². The summed E-state index contributed by atoms with van der Waals surface area (Å²) in [5.74, 6) is -0.434. The Labute approximate surface area is 152 Å². The molecule has 0 N–H and O–H groups in total. The molecule has 1 atom stereocenters. The van der Waals surface area contributed by atoms with Gasteiger partial charge < -0.3 is 14.4 Å². The van der Waals surface area contributed by atoms with Crippen LogP contribution in [-0.2, 0) is 4.79 Å². The number of halogens is 2. The summed E-state index contributed by atoms with van der Waals surface area (Å²) in [7, 11) is 3.25. The molecule has 6 heteroatoms. The van der Waals surface area contributed by atoms with Crippen LogP contribution < -0.4 is 9.47 Å². The van der Waals surface area contributed by atoms with Crippen LogP contribution in [0.25, 0.3) is 0 Å². The maximum atomic E-state index is 13.4. The first-order valence-corrected chi connectivity index (χ1v) is 8.40. The van der Waals surface area contributed by atoms with E-state index in [0.29, 0.717) is 30.8 Å². The van der Waals surface area contributed by atoms with E-state index >= 15 is 0 Å². The van der Waals surface area contributed by atoms with Crippen LogP contribution in [0.4, 0.5) is 8.78 Å². The monoisotopic (exact) mass is 363 g/mol. The third-order valence-corrected chi connectivity index (χ3v) is 4.26. The molecule has 0 heterocycles. The number of hydrogen-bond acceptors (Lipinski definition) is 3. The number of hydrogen-bond donors (Lipinski definition) is 0. The van der Waals surface area contributed by atoms with Crippen molar-refractivity contribution >= 4 is 5.91 Å². The van der Waals surface area contributed by atoms with Crippen molar-refractivity contribution in [3.05, 3.63) is 59.7 Å². The minimum absolute atomic E-state index is 0.0828. The van der Waals surface area contributed by atoms with Gasteiger partial charge in [-0.05, 0) is 55.3 Å². The zero-order chi connectivity index (χ0) is 19.1. The summed E-state index contributed by atoms with van der Waals surface area (Å²) in [6.45, 7) is 2.18. The molecule has 2 aromatic carbocycles. The summed E-state index contributed by atoms with van der Waals surface area (Å²) in [6, 6.07) is 10.5. The van der Waals surface area contributed by atoms with Crippen LogP contribution in [0.15, 0.2) is 42.5 Å². The molecule has 0 bridgehead atoms. The van der Waals surface area contributed by atoms with E-state index < -0.39 is 11.6 Å². The molecule has 0 aromatic heterocycles. The normalized spacial score (nSPS) is 11.7. The third-order valence-electron chi connectivity index (χ3n) is 4.26. The van der Waals surface area contributed by atoms with Gasteiger partial charge in [0.15, 0.2) is 11.6 Å². The second kappa shape index (κ2) is 9.17. The van der Waals surface area contributed by atoms with E-state index in [9.17, 15) is 13.6 Å². The van der Waals surface area contributed by atoms with Crippen molar-refractivity contribution in [1.82, 2.24) is 4.90 Å². The lowest BCUT2D eigenvalue weighted by Crippen LogP contribution is -2.29. The van der Waals surface area contributed by atoms with Crippen molar-refractivity contribution in [1.29, 1.82) is 0 Å². The number of carbonyl (C=O) groups excluding carboxylic acids is 1. The number of carbonyl (C=O) groups is 1. The van der Waals surface area contributed by atoms with Crippen molar-refractivity contribution in [3.63, 3.8) is 0 Å². The van der Waals surface area contributed by atoms with Gasteiger partial charge in [-0.1, -0.05) is 6.07 Å². The predicted molar refractivity (Wildman–Crippen MR) is 95.3 cm³/mol. The topological polar surface area (TPSA) is 38.8 Å². The number of benzene rings is 2. The fraction of sp³-hybridized carbons (Fsp3) is 0.350. The number of ether oxygens (including phenoxy) is 2. The van der Waals surface area contributed by atoms with Gasteiger partial charge >= 0.3 is 0 Å².